The van der Waals surface area contributed by atoms with Gasteiger partial charge in [-0.2, -0.15) is 0 Å². The van der Waals surface area contributed by atoms with Crippen LogP contribution in [0.15, 0.2) is 41.3 Å². The molecule has 1 aliphatic rings. The monoisotopic (exact) mass is 469 g/mol. The summed E-state index contributed by atoms with van der Waals surface area (Å²) in [5.41, 5.74) is 8.09. The van der Waals surface area contributed by atoms with Gasteiger partial charge in [-0.15, -0.1) is 0 Å². The van der Waals surface area contributed by atoms with Gasteiger partial charge in [0.1, 0.15) is 6.54 Å². The smallest absolute Gasteiger partial charge is 0.294 e. The Bertz CT molecular complexity index is 1140. The van der Waals surface area contributed by atoms with Crippen LogP contribution in [0.5, 0.6) is 11.5 Å². The summed E-state index contributed by atoms with van der Waals surface area (Å²) in [6.07, 6.45) is 1.52. The minimum Gasteiger partial charge on any atom is -0.493 e. The molecular formula is C23H23N3O6S. The molecule has 1 saturated heterocycles. The highest BCUT2D eigenvalue weighted by molar-refractivity contribution is 8.18. The van der Waals surface area contributed by atoms with Crippen LogP contribution in [-0.4, -0.2) is 48.1 Å². The number of methoxy groups -OCH3 is 1. The quantitative estimate of drug-likeness (QED) is 0.569. The summed E-state index contributed by atoms with van der Waals surface area (Å²) in [6.45, 7) is 3.03. The zero-order chi connectivity index (χ0) is 24.1. The summed E-state index contributed by atoms with van der Waals surface area (Å²) in [6, 6.07) is 10.4. The van der Waals surface area contributed by atoms with E-state index in [1.54, 1.807) is 18.2 Å². The maximum Gasteiger partial charge on any atom is 0.294 e. The van der Waals surface area contributed by atoms with Gasteiger partial charge in [0.2, 0.25) is 5.91 Å². The predicted octanol–water partition coefficient (Wildman–Crippen LogP) is 2.85. The van der Waals surface area contributed by atoms with Crippen molar-refractivity contribution < 1.29 is 28.7 Å². The number of hydrogen-bond acceptors (Lipinski definition) is 7. The van der Waals surface area contributed by atoms with E-state index in [4.69, 9.17) is 15.2 Å². The Balaban J connectivity index is 1.73. The molecule has 0 aliphatic carbocycles. The Morgan fingerprint density at radius 3 is 2.45 bits per heavy atom. The molecule has 0 spiro atoms. The van der Waals surface area contributed by atoms with Gasteiger partial charge in [-0.1, -0.05) is 24.3 Å². The number of para-hydroxylation sites is 1. The van der Waals surface area contributed by atoms with Crippen molar-refractivity contribution in [3.8, 4) is 11.5 Å². The lowest BCUT2D eigenvalue weighted by atomic mass is 10.1. The predicted molar refractivity (Wildman–Crippen MR) is 125 cm³/mol. The Hall–Kier alpha value is -3.79. The van der Waals surface area contributed by atoms with E-state index in [2.05, 4.69) is 5.32 Å². The third-order valence-corrected chi connectivity index (χ3v) is 5.68. The van der Waals surface area contributed by atoms with E-state index in [0.29, 0.717) is 22.7 Å². The molecule has 2 aromatic rings. The molecule has 0 atom stereocenters. The van der Waals surface area contributed by atoms with E-state index in [1.807, 2.05) is 32.0 Å². The van der Waals surface area contributed by atoms with Crippen LogP contribution in [-0.2, 0) is 14.4 Å². The fourth-order valence-corrected chi connectivity index (χ4v) is 4.00. The van der Waals surface area contributed by atoms with Crippen LogP contribution in [0, 0.1) is 13.8 Å². The molecule has 1 aliphatic heterocycles. The van der Waals surface area contributed by atoms with Crippen molar-refractivity contribution in [2.45, 2.75) is 13.8 Å². The lowest BCUT2D eigenvalue weighted by Gasteiger charge is -2.15. The SMILES string of the molecule is COc1cc(/C=C2/SC(=O)N(CC(=O)Nc3c(C)cccc3C)C2=O)ccc1OCC(N)=O. The molecular weight excluding hydrogens is 446 g/mol. The van der Waals surface area contributed by atoms with Crippen LogP contribution in [0.3, 0.4) is 0 Å². The number of nitrogens with zero attached hydrogens (tertiary/aromatic N) is 1. The van der Waals surface area contributed by atoms with Gasteiger partial charge in [0.05, 0.1) is 12.0 Å². The number of aryl methyl sites for hydroxylation is 2. The summed E-state index contributed by atoms with van der Waals surface area (Å²) >= 11 is 0.748. The Morgan fingerprint density at radius 1 is 1.12 bits per heavy atom. The van der Waals surface area contributed by atoms with Gasteiger partial charge in [-0.3, -0.25) is 24.1 Å². The topological polar surface area (TPSA) is 128 Å². The maximum absolute atomic E-state index is 12.8. The number of amides is 4. The molecule has 2 aromatic carbocycles. The van der Waals surface area contributed by atoms with Crippen LogP contribution in [0.25, 0.3) is 6.08 Å². The molecule has 9 nitrogen and oxygen atoms in total. The number of ether oxygens (including phenoxy) is 2. The normalized spacial score (nSPS) is 14.5. The molecule has 10 heteroatoms. The molecule has 172 valence electrons. The number of imide groups is 1. The van der Waals surface area contributed by atoms with Crippen molar-refractivity contribution in [2.75, 3.05) is 25.6 Å². The minimum absolute atomic E-state index is 0.174. The van der Waals surface area contributed by atoms with Crippen LogP contribution in [0.2, 0.25) is 0 Å². The molecule has 3 N–H and O–H groups in total. The first kappa shape index (κ1) is 23.9. The van der Waals surface area contributed by atoms with Gasteiger partial charge in [0.15, 0.2) is 18.1 Å². The molecule has 4 amide bonds. The summed E-state index contributed by atoms with van der Waals surface area (Å²) in [7, 11) is 1.43. The highest BCUT2D eigenvalue weighted by Crippen LogP contribution is 2.34. The second-order valence-electron chi connectivity index (χ2n) is 7.25. The fourth-order valence-electron chi connectivity index (χ4n) is 3.16. The molecule has 0 saturated carbocycles. The lowest BCUT2D eigenvalue weighted by molar-refractivity contribution is -0.127. The average molecular weight is 470 g/mol. The summed E-state index contributed by atoms with van der Waals surface area (Å²) in [5.74, 6) is -1.01. The van der Waals surface area contributed by atoms with Gasteiger partial charge in [0, 0.05) is 5.69 Å². The van der Waals surface area contributed by atoms with Gasteiger partial charge in [-0.25, -0.2) is 0 Å². The standard InChI is InChI=1S/C23H23N3O6S/c1-13-5-4-6-14(2)21(13)25-20(28)11-26-22(29)18(33-23(26)30)10-15-7-8-16(17(9-15)31-3)32-12-19(24)27/h4-10H,11-12H2,1-3H3,(H2,24,27)(H,25,28)/b18-10+. The summed E-state index contributed by atoms with van der Waals surface area (Å²) < 4.78 is 10.5. The first-order valence-corrected chi connectivity index (χ1v) is 10.7. The number of thioether (sulfide) groups is 1. The van der Waals surface area contributed by atoms with Crippen molar-refractivity contribution in [2.24, 2.45) is 5.73 Å². The Labute approximate surface area is 194 Å². The number of rotatable bonds is 8. The average Bonchev–Trinajstić information content (AvgIpc) is 3.02. The largest absolute Gasteiger partial charge is 0.493 e. The van der Waals surface area contributed by atoms with Crippen LogP contribution < -0.4 is 20.5 Å². The zero-order valence-electron chi connectivity index (χ0n) is 18.3. The van der Waals surface area contributed by atoms with E-state index >= 15 is 0 Å². The second-order valence-corrected chi connectivity index (χ2v) is 8.24. The number of hydrogen-bond donors (Lipinski definition) is 2. The number of benzene rings is 2. The van der Waals surface area contributed by atoms with Gasteiger partial charge in [-0.05, 0) is 60.5 Å². The molecule has 0 aromatic heterocycles. The van der Waals surface area contributed by atoms with Crippen molar-refractivity contribution >= 4 is 46.5 Å². The molecule has 3 rings (SSSR count). The van der Waals surface area contributed by atoms with Crippen molar-refractivity contribution in [3.63, 3.8) is 0 Å². The molecule has 0 unspecified atom stereocenters. The van der Waals surface area contributed by atoms with Crippen molar-refractivity contribution in [1.82, 2.24) is 4.90 Å². The van der Waals surface area contributed by atoms with E-state index in [1.165, 1.54) is 13.2 Å². The van der Waals surface area contributed by atoms with Crippen LogP contribution in [0.1, 0.15) is 16.7 Å². The third kappa shape index (κ3) is 5.72. The summed E-state index contributed by atoms with van der Waals surface area (Å²) in [5, 5.41) is 2.24. The fraction of sp³-hybridized carbons (Fsp3) is 0.217. The number of carbonyl (C=O) groups is 4. The number of carbonyl (C=O) groups excluding carboxylic acids is 4. The Morgan fingerprint density at radius 2 is 1.82 bits per heavy atom. The lowest BCUT2D eigenvalue weighted by Crippen LogP contribution is -2.36. The van der Waals surface area contributed by atoms with E-state index in [-0.39, 0.29) is 18.1 Å². The third-order valence-electron chi connectivity index (χ3n) is 4.78. The van der Waals surface area contributed by atoms with Crippen molar-refractivity contribution in [1.29, 1.82) is 0 Å². The van der Waals surface area contributed by atoms with Gasteiger partial charge < -0.3 is 20.5 Å². The van der Waals surface area contributed by atoms with Crippen molar-refractivity contribution in [3.05, 3.63) is 58.0 Å². The Kier molecular flexibility index (Phi) is 7.39. The van der Waals surface area contributed by atoms with E-state index in [9.17, 15) is 19.2 Å². The number of nitrogens with two attached hydrogens (primary N) is 1. The molecule has 1 fully saturated rings. The molecule has 0 radical (unpaired) electrons. The number of primary amides is 1. The van der Waals surface area contributed by atoms with Crippen LogP contribution in [0.4, 0.5) is 10.5 Å². The highest BCUT2D eigenvalue weighted by Gasteiger charge is 2.36. The van der Waals surface area contributed by atoms with Gasteiger partial charge in [0.25, 0.3) is 17.1 Å². The molecule has 1 heterocycles. The number of nitrogens with one attached hydrogen (secondary N) is 1. The number of anilines is 1. The van der Waals surface area contributed by atoms with Gasteiger partial charge >= 0.3 is 0 Å². The van der Waals surface area contributed by atoms with E-state index < -0.39 is 23.0 Å². The summed E-state index contributed by atoms with van der Waals surface area (Å²) in [4.78, 5) is 49.7. The second kappa shape index (κ2) is 10.2. The van der Waals surface area contributed by atoms with Crippen LogP contribution >= 0.6 is 11.8 Å². The molecule has 33 heavy (non-hydrogen) atoms. The highest BCUT2D eigenvalue weighted by atomic mass is 32.2. The zero-order valence-corrected chi connectivity index (χ0v) is 19.2. The minimum atomic E-state index is -0.628. The first-order chi connectivity index (χ1) is 15.7. The van der Waals surface area contributed by atoms with E-state index in [0.717, 1.165) is 27.8 Å². The maximum atomic E-state index is 12.8. The molecule has 0 bridgehead atoms. The first-order valence-electron chi connectivity index (χ1n) is 9.90.